The predicted octanol–water partition coefficient (Wildman–Crippen LogP) is 2.66. The Morgan fingerprint density at radius 1 is 1.29 bits per heavy atom. The summed E-state index contributed by atoms with van der Waals surface area (Å²) in [6.45, 7) is 3.61. The number of piperidine rings is 1. The van der Waals surface area contributed by atoms with Crippen molar-refractivity contribution in [3.05, 3.63) is 53.9 Å². The van der Waals surface area contributed by atoms with Gasteiger partial charge in [0.05, 0.1) is 12.2 Å². The van der Waals surface area contributed by atoms with Gasteiger partial charge in [-0.15, -0.1) is 0 Å². The van der Waals surface area contributed by atoms with Crippen LogP contribution in [-0.2, 0) is 4.79 Å². The van der Waals surface area contributed by atoms with Crippen LogP contribution in [0.1, 0.15) is 36.1 Å². The van der Waals surface area contributed by atoms with Gasteiger partial charge in [-0.1, -0.05) is 30.3 Å². The molecule has 1 aromatic heterocycles. The second-order valence-electron chi connectivity index (χ2n) is 6.85. The van der Waals surface area contributed by atoms with Gasteiger partial charge in [0.1, 0.15) is 6.04 Å². The minimum Gasteiger partial charge on any atom is -0.339 e. The van der Waals surface area contributed by atoms with Gasteiger partial charge in [0.15, 0.2) is 0 Å². The minimum absolute atomic E-state index is 0.180. The van der Waals surface area contributed by atoms with Crippen LogP contribution in [0.15, 0.2) is 42.7 Å². The van der Waals surface area contributed by atoms with E-state index in [2.05, 4.69) is 11.3 Å². The molecule has 1 saturated heterocycles. The lowest BCUT2D eigenvalue weighted by Crippen LogP contribution is -2.46. The average molecular weight is 326 g/mol. The van der Waals surface area contributed by atoms with Crippen LogP contribution in [0.4, 0.5) is 0 Å². The molecule has 1 fully saturated rings. The predicted molar refractivity (Wildman–Crippen MR) is 94.7 cm³/mol. The topological polar surface area (TPSA) is 41.4 Å². The van der Waals surface area contributed by atoms with Crippen molar-refractivity contribution in [1.29, 1.82) is 0 Å². The van der Waals surface area contributed by atoms with Crippen LogP contribution in [-0.4, -0.2) is 52.7 Å². The number of benzene rings is 1. The molecule has 24 heavy (non-hydrogen) atoms. The maximum atomic E-state index is 13.2. The van der Waals surface area contributed by atoms with Crippen molar-refractivity contribution in [1.82, 2.24) is 19.6 Å². The molecule has 2 heterocycles. The van der Waals surface area contributed by atoms with Crippen molar-refractivity contribution >= 4 is 5.91 Å². The lowest BCUT2D eigenvalue weighted by Gasteiger charge is -2.36. The minimum atomic E-state index is -0.232. The molecule has 2 aromatic rings. The number of hydrogen-bond donors (Lipinski definition) is 0. The molecule has 0 aliphatic carbocycles. The number of likely N-dealkylation sites (N-methyl/N-ethyl adjacent to an activating group) is 1. The second-order valence-corrected chi connectivity index (χ2v) is 6.85. The monoisotopic (exact) mass is 326 g/mol. The zero-order valence-corrected chi connectivity index (χ0v) is 14.7. The van der Waals surface area contributed by atoms with E-state index in [9.17, 15) is 4.79 Å². The van der Waals surface area contributed by atoms with Gasteiger partial charge in [-0.25, -0.2) is 0 Å². The van der Waals surface area contributed by atoms with Crippen molar-refractivity contribution in [3.8, 4) is 0 Å². The van der Waals surface area contributed by atoms with Crippen molar-refractivity contribution in [2.75, 3.05) is 27.2 Å². The summed E-state index contributed by atoms with van der Waals surface area (Å²) < 4.78 is 2.02. The Morgan fingerprint density at radius 3 is 2.67 bits per heavy atom. The number of carbonyl (C=O) groups is 1. The van der Waals surface area contributed by atoms with Gasteiger partial charge >= 0.3 is 0 Å². The van der Waals surface area contributed by atoms with E-state index in [1.165, 1.54) is 0 Å². The van der Waals surface area contributed by atoms with Crippen molar-refractivity contribution in [2.45, 2.75) is 31.8 Å². The summed E-state index contributed by atoms with van der Waals surface area (Å²) in [5.41, 5.74) is 2.21. The lowest BCUT2D eigenvalue weighted by atomic mass is 10.0. The highest BCUT2D eigenvalue weighted by atomic mass is 16.2. The Bertz CT molecular complexity index is 680. The zero-order chi connectivity index (χ0) is 17.1. The summed E-state index contributed by atoms with van der Waals surface area (Å²) in [4.78, 5) is 17.2. The van der Waals surface area contributed by atoms with E-state index in [4.69, 9.17) is 0 Å². The first-order valence-electron chi connectivity index (χ1n) is 8.57. The van der Waals surface area contributed by atoms with Crippen LogP contribution in [0, 0.1) is 6.92 Å². The summed E-state index contributed by atoms with van der Waals surface area (Å²) in [7, 11) is 3.93. The van der Waals surface area contributed by atoms with Gasteiger partial charge in [-0.2, -0.15) is 5.10 Å². The molecule has 0 N–H and O–H groups in total. The standard InChI is InChI=1S/C19H26N4O/c1-15-12-20-23(13-15)17-10-7-11-22(14-17)19(24)18(21(2)3)16-8-5-4-6-9-16/h4-6,8-9,12-13,17-18H,7,10-11,14H2,1-3H3/t17-,18+/m1/s1. The van der Waals surface area contributed by atoms with Crippen molar-refractivity contribution in [3.63, 3.8) is 0 Å². The number of hydrogen-bond acceptors (Lipinski definition) is 3. The SMILES string of the molecule is Cc1cnn([C@@H]2CCCN(C(=O)[C@H](c3ccccc3)N(C)C)C2)c1. The third-order valence-corrected chi connectivity index (χ3v) is 4.68. The molecule has 1 aliphatic rings. The Hall–Kier alpha value is -2.14. The number of nitrogens with zero attached hydrogens (tertiary/aromatic N) is 4. The maximum absolute atomic E-state index is 13.2. The normalized spacial score (nSPS) is 19.5. The Labute approximate surface area is 143 Å². The molecule has 128 valence electrons. The van der Waals surface area contributed by atoms with Crippen molar-refractivity contribution < 1.29 is 4.79 Å². The van der Waals surface area contributed by atoms with E-state index >= 15 is 0 Å². The fraction of sp³-hybridized carbons (Fsp3) is 0.474. The highest BCUT2D eigenvalue weighted by Crippen LogP contribution is 2.26. The second kappa shape index (κ2) is 7.18. The summed E-state index contributed by atoms with van der Waals surface area (Å²) in [6.07, 6.45) is 6.04. The van der Waals surface area contributed by atoms with E-state index in [0.29, 0.717) is 0 Å². The van der Waals surface area contributed by atoms with E-state index < -0.39 is 0 Å². The highest BCUT2D eigenvalue weighted by molar-refractivity contribution is 5.83. The van der Waals surface area contributed by atoms with E-state index in [0.717, 1.165) is 37.1 Å². The summed E-state index contributed by atoms with van der Waals surface area (Å²) in [6, 6.07) is 10.1. The number of likely N-dealkylation sites (tertiary alicyclic amines) is 1. The first-order valence-corrected chi connectivity index (χ1v) is 8.57. The quantitative estimate of drug-likeness (QED) is 0.867. The van der Waals surface area contributed by atoms with Gasteiger partial charge in [0.2, 0.25) is 5.91 Å². The van der Waals surface area contributed by atoms with Gasteiger partial charge in [-0.3, -0.25) is 14.4 Å². The third-order valence-electron chi connectivity index (χ3n) is 4.68. The van der Waals surface area contributed by atoms with Gasteiger partial charge in [0.25, 0.3) is 0 Å². The Balaban J connectivity index is 1.77. The number of rotatable bonds is 4. The maximum Gasteiger partial charge on any atom is 0.244 e. The van der Waals surface area contributed by atoms with E-state index in [-0.39, 0.29) is 18.0 Å². The highest BCUT2D eigenvalue weighted by Gasteiger charge is 2.31. The van der Waals surface area contributed by atoms with Crippen molar-refractivity contribution in [2.24, 2.45) is 0 Å². The third kappa shape index (κ3) is 3.51. The largest absolute Gasteiger partial charge is 0.339 e. The summed E-state index contributed by atoms with van der Waals surface area (Å²) >= 11 is 0. The molecule has 0 unspecified atom stereocenters. The van der Waals surface area contributed by atoms with E-state index in [1.54, 1.807) is 0 Å². The average Bonchev–Trinajstić information content (AvgIpc) is 3.02. The molecule has 5 nitrogen and oxygen atoms in total. The van der Waals surface area contributed by atoms with Crippen LogP contribution < -0.4 is 0 Å². The number of carbonyl (C=O) groups excluding carboxylic acids is 1. The summed E-state index contributed by atoms with van der Waals surface area (Å²) in [5, 5.41) is 4.44. The fourth-order valence-electron chi connectivity index (χ4n) is 3.47. The molecule has 0 bridgehead atoms. The van der Waals surface area contributed by atoms with Crippen LogP contribution in [0.5, 0.6) is 0 Å². The molecule has 1 aromatic carbocycles. The zero-order valence-electron chi connectivity index (χ0n) is 14.7. The Morgan fingerprint density at radius 2 is 2.04 bits per heavy atom. The number of aromatic nitrogens is 2. The molecule has 5 heteroatoms. The van der Waals surface area contributed by atoms with Crippen LogP contribution in [0.3, 0.4) is 0 Å². The summed E-state index contributed by atoms with van der Waals surface area (Å²) in [5.74, 6) is 0.180. The molecule has 0 radical (unpaired) electrons. The first kappa shape index (κ1) is 16.7. The molecule has 3 rings (SSSR count). The first-order chi connectivity index (χ1) is 11.6. The van der Waals surface area contributed by atoms with Gasteiger partial charge in [0, 0.05) is 19.3 Å². The van der Waals surface area contributed by atoms with E-state index in [1.807, 2.05) is 72.0 Å². The van der Waals surface area contributed by atoms with Gasteiger partial charge < -0.3 is 4.90 Å². The molecule has 0 spiro atoms. The molecule has 1 aliphatic heterocycles. The molecular formula is C19H26N4O. The molecular weight excluding hydrogens is 300 g/mol. The van der Waals surface area contributed by atoms with Crippen LogP contribution >= 0.6 is 0 Å². The number of amides is 1. The fourth-order valence-corrected chi connectivity index (χ4v) is 3.47. The molecule has 1 amide bonds. The molecule has 0 saturated carbocycles. The van der Waals surface area contributed by atoms with Gasteiger partial charge in [-0.05, 0) is 45.0 Å². The number of aryl methyl sites for hydroxylation is 1. The van der Waals surface area contributed by atoms with Crippen LogP contribution in [0.25, 0.3) is 0 Å². The lowest BCUT2D eigenvalue weighted by molar-refractivity contribution is -0.138. The smallest absolute Gasteiger partial charge is 0.244 e. The van der Waals surface area contributed by atoms with Crippen LogP contribution in [0.2, 0.25) is 0 Å². The Kier molecular flexibility index (Phi) is 5.00. The molecule has 2 atom stereocenters.